The number of carbonyl (C=O) groups excluding carboxylic acids is 1. The number of hydrogen-bond acceptors (Lipinski definition) is 5. The van der Waals surface area contributed by atoms with Gasteiger partial charge < -0.3 is 10.2 Å². The van der Waals surface area contributed by atoms with E-state index in [1.54, 1.807) is 29.9 Å². The molecule has 2 N–H and O–H groups in total. The molecular weight excluding hydrogens is 282 g/mol. The molecular formula is C14H21N7O. The fourth-order valence-electron chi connectivity index (χ4n) is 2.82. The summed E-state index contributed by atoms with van der Waals surface area (Å²) in [5, 5.41) is 18.4. The van der Waals surface area contributed by atoms with Crippen LogP contribution in [0, 0.1) is 0 Å². The van der Waals surface area contributed by atoms with Crippen LogP contribution in [0.3, 0.4) is 0 Å². The Morgan fingerprint density at radius 1 is 1.50 bits per heavy atom. The Hall–Kier alpha value is -2.22. The van der Waals surface area contributed by atoms with Gasteiger partial charge in [0, 0.05) is 26.3 Å². The summed E-state index contributed by atoms with van der Waals surface area (Å²) < 4.78 is 1.63. The van der Waals surface area contributed by atoms with Crippen molar-refractivity contribution in [1.29, 1.82) is 0 Å². The Labute approximate surface area is 128 Å². The van der Waals surface area contributed by atoms with E-state index < -0.39 is 0 Å². The van der Waals surface area contributed by atoms with E-state index in [9.17, 15) is 4.79 Å². The van der Waals surface area contributed by atoms with Crippen LogP contribution in [0.5, 0.6) is 0 Å². The predicted octanol–water partition coefficient (Wildman–Crippen LogP) is 0.625. The van der Waals surface area contributed by atoms with Crippen LogP contribution < -0.4 is 5.32 Å². The average Bonchev–Trinajstić information content (AvgIpc) is 3.16. The predicted molar refractivity (Wildman–Crippen MR) is 80.0 cm³/mol. The summed E-state index contributed by atoms with van der Waals surface area (Å²) in [6.07, 6.45) is 6.79. The summed E-state index contributed by atoms with van der Waals surface area (Å²) >= 11 is 0. The number of nitrogens with zero attached hydrogens (tertiary/aromatic N) is 5. The van der Waals surface area contributed by atoms with Crippen molar-refractivity contribution in [2.75, 3.05) is 13.6 Å². The van der Waals surface area contributed by atoms with E-state index in [0.29, 0.717) is 12.1 Å². The molecule has 1 saturated heterocycles. The van der Waals surface area contributed by atoms with Crippen LogP contribution in [0.1, 0.15) is 47.1 Å². The van der Waals surface area contributed by atoms with Crippen molar-refractivity contribution in [3.8, 4) is 0 Å². The van der Waals surface area contributed by atoms with E-state index >= 15 is 0 Å². The molecule has 3 rings (SSSR count). The molecule has 1 fully saturated rings. The molecule has 0 aromatic carbocycles. The van der Waals surface area contributed by atoms with Gasteiger partial charge in [0.05, 0.1) is 24.0 Å². The van der Waals surface area contributed by atoms with Gasteiger partial charge in [-0.3, -0.25) is 14.6 Å². The second-order valence-corrected chi connectivity index (χ2v) is 5.74. The number of hydrogen-bond donors (Lipinski definition) is 2. The second-order valence-electron chi connectivity index (χ2n) is 5.74. The molecule has 2 aromatic rings. The van der Waals surface area contributed by atoms with Crippen LogP contribution in [0.4, 0.5) is 0 Å². The van der Waals surface area contributed by atoms with Crippen LogP contribution in [0.15, 0.2) is 12.4 Å². The highest BCUT2D eigenvalue weighted by atomic mass is 16.2. The van der Waals surface area contributed by atoms with Gasteiger partial charge in [-0.2, -0.15) is 5.10 Å². The maximum Gasteiger partial charge on any atom is 0.257 e. The molecule has 8 nitrogen and oxygen atoms in total. The van der Waals surface area contributed by atoms with Gasteiger partial charge in [0.1, 0.15) is 5.69 Å². The second kappa shape index (κ2) is 6.27. The summed E-state index contributed by atoms with van der Waals surface area (Å²) in [6, 6.07) is 0.181. The zero-order valence-corrected chi connectivity index (χ0v) is 12.9. The molecule has 0 aliphatic carbocycles. The molecule has 118 valence electrons. The molecule has 3 heterocycles. The zero-order chi connectivity index (χ0) is 15.5. The van der Waals surface area contributed by atoms with Crippen LogP contribution >= 0.6 is 0 Å². The van der Waals surface area contributed by atoms with Crippen LogP contribution in [-0.4, -0.2) is 49.6 Å². The number of nitrogens with one attached hydrogen (secondary N) is 2. The molecule has 1 atom stereocenters. The lowest BCUT2D eigenvalue weighted by molar-refractivity contribution is 0.0781. The lowest BCUT2D eigenvalue weighted by Gasteiger charge is -2.24. The first-order valence-electron chi connectivity index (χ1n) is 7.52. The maximum absolute atomic E-state index is 12.7. The Balaban J connectivity index is 1.73. The Kier molecular flexibility index (Phi) is 4.19. The third kappa shape index (κ3) is 3.01. The van der Waals surface area contributed by atoms with Crippen LogP contribution in [0.2, 0.25) is 0 Å². The van der Waals surface area contributed by atoms with Crippen molar-refractivity contribution in [2.45, 2.75) is 31.8 Å². The number of piperidine rings is 1. The van der Waals surface area contributed by atoms with E-state index in [-0.39, 0.29) is 11.9 Å². The zero-order valence-electron chi connectivity index (χ0n) is 12.9. The molecule has 0 spiro atoms. The average molecular weight is 303 g/mol. The first-order chi connectivity index (χ1) is 10.6. The van der Waals surface area contributed by atoms with Crippen LogP contribution in [0.25, 0.3) is 0 Å². The third-order valence-corrected chi connectivity index (χ3v) is 3.95. The van der Waals surface area contributed by atoms with E-state index in [2.05, 4.69) is 25.8 Å². The fraction of sp³-hybridized carbons (Fsp3) is 0.571. The van der Waals surface area contributed by atoms with E-state index in [1.807, 2.05) is 6.20 Å². The Morgan fingerprint density at radius 3 is 3.05 bits per heavy atom. The van der Waals surface area contributed by atoms with Gasteiger partial charge in [-0.05, 0) is 19.4 Å². The van der Waals surface area contributed by atoms with Crippen molar-refractivity contribution >= 4 is 5.91 Å². The topological polar surface area (TPSA) is 91.7 Å². The van der Waals surface area contributed by atoms with Crippen molar-refractivity contribution in [3.05, 3.63) is 29.3 Å². The molecule has 2 aromatic heterocycles. The largest absolute Gasteiger partial charge is 0.336 e. The molecule has 1 aliphatic rings. The van der Waals surface area contributed by atoms with Crippen molar-refractivity contribution in [1.82, 2.24) is 35.4 Å². The number of carbonyl (C=O) groups is 1. The molecule has 0 radical (unpaired) electrons. The standard InChI is InChI=1S/C14H21N7O/c1-20(8-10-9-21(2)19-17-10)14(22)11-7-16-18-13(11)12-5-3-4-6-15-12/h7,9,12,15H,3-6,8H2,1-2H3,(H,16,18). The number of aromatic nitrogens is 5. The molecule has 0 saturated carbocycles. The molecule has 1 unspecified atom stereocenters. The highest BCUT2D eigenvalue weighted by Gasteiger charge is 2.25. The van der Waals surface area contributed by atoms with Crippen LogP contribution in [-0.2, 0) is 13.6 Å². The quantitative estimate of drug-likeness (QED) is 0.864. The first kappa shape index (κ1) is 14.7. The fourth-order valence-corrected chi connectivity index (χ4v) is 2.82. The minimum atomic E-state index is -0.0539. The van der Waals surface area contributed by atoms with Gasteiger partial charge in [0.15, 0.2) is 0 Å². The highest BCUT2D eigenvalue weighted by molar-refractivity contribution is 5.95. The summed E-state index contributed by atoms with van der Waals surface area (Å²) in [5.74, 6) is -0.0539. The SMILES string of the molecule is CN(Cc1cn(C)nn1)C(=O)c1cn[nH]c1C1CCCCN1. The monoisotopic (exact) mass is 303 g/mol. The van der Waals surface area contributed by atoms with Gasteiger partial charge in [0.25, 0.3) is 5.91 Å². The van der Waals surface area contributed by atoms with Gasteiger partial charge in [-0.25, -0.2) is 0 Å². The molecule has 8 heteroatoms. The molecule has 1 amide bonds. The van der Waals surface area contributed by atoms with Gasteiger partial charge in [0.2, 0.25) is 0 Å². The highest BCUT2D eigenvalue weighted by Crippen LogP contribution is 2.24. The maximum atomic E-state index is 12.7. The summed E-state index contributed by atoms with van der Waals surface area (Å²) in [5.41, 5.74) is 2.28. The van der Waals surface area contributed by atoms with Crippen molar-refractivity contribution in [3.63, 3.8) is 0 Å². The number of rotatable bonds is 4. The lowest BCUT2D eigenvalue weighted by atomic mass is 9.99. The van der Waals surface area contributed by atoms with Crippen molar-refractivity contribution in [2.24, 2.45) is 7.05 Å². The van der Waals surface area contributed by atoms with Gasteiger partial charge in [-0.1, -0.05) is 11.6 Å². The molecule has 1 aliphatic heterocycles. The molecule has 0 bridgehead atoms. The Bertz CT molecular complexity index is 641. The molecule has 22 heavy (non-hydrogen) atoms. The van der Waals surface area contributed by atoms with Gasteiger partial charge >= 0.3 is 0 Å². The Morgan fingerprint density at radius 2 is 2.36 bits per heavy atom. The summed E-state index contributed by atoms with van der Waals surface area (Å²) in [7, 11) is 3.57. The van der Waals surface area contributed by atoms with Gasteiger partial charge in [-0.15, -0.1) is 5.10 Å². The first-order valence-corrected chi connectivity index (χ1v) is 7.52. The van der Waals surface area contributed by atoms with E-state index in [1.165, 1.54) is 12.8 Å². The number of H-pyrrole nitrogens is 1. The van der Waals surface area contributed by atoms with Crippen molar-refractivity contribution < 1.29 is 4.79 Å². The minimum absolute atomic E-state index is 0.0539. The summed E-state index contributed by atoms with van der Waals surface area (Å²) in [6.45, 7) is 1.40. The third-order valence-electron chi connectivity index (χ3n) is 3.95. The number of aromatic amines is 1. The number of aryl methyl sites for hydroxylation is 1. The minimum Gasteiger partial charge on any atom is -0.336 e. The lowest BCUT2D eigenvalue weighted by Crippen LogP contribution is -2.31. The van der Waals surface area contributed by atoms with E-state index in [0.717, 1.165) is 24.4 Å². The smallest absolute Gasteiger partial charge is 0.257 e. The van der Waals surface area contributed by atoms with E-state index in [4.69, 9.17) is 0 Å². The number of amides is 1. The summed E-state index contributed by atoms with van der Waals surface area (Å²) in [4.78, 5) is 14.3. The normalized spacial score (nSPS) is 18.4.